The second-order valence-corrected chi connectivity index (χ2v) is 5.14. The van der Waals surface area contributed by atoms with E-state index in [0.29, 0.717) is 6.42 Å². The molecule has 1 atom stereocenters. The van der Waals surface area contributed by atoms with Crippen LogP contribution in [0.1, 0.15) is 45.4 Å². The van der Waals surface area contributed by atoms with Gasteiger partial charge in [-0.15, -0.1) is 0 Å². The summed E-state index contributed by atoms with van der Waals surface area (Å²) in [4.78, 5) is 0. The predicted molar refractivity (Wildman–Crippen MR) is 52.9 cm³/mol. The van der Waals surface area contributed by atoms with Crippen molar-refractivity contribution >= 4 is 10.1 Å². The van der Waals surface area contributed by atoms with Crippen LogP contribution in [0.5, 0.6) is 0 Å². The van der Waals surface area contributed by atoms with Crippen molar-refractivity contribution in [3.8, 4) is 0 Å². The third-order valence-electron chi connectivity index (χ3n) is 2.26. The second kappa shape index (κ2) is 8.41. The largest absolute Gasteiger partial charge is 1.00 e. The van der Waals surface area contributed by atoms with E-state index in [1.165, 1.54) is 0 Å². The fraction of sp³-hybridized carbons (Fsp3) is 1.00. The maximum Gasteiger partial charge on any atom is 1.00 e. The maximum atomic E-state index is 12.9. The van der Waals surface area contributed by atoms with E-state index in [4.69, 9.17) is 0 Å². The van der Waals surface area contributed by atoms with Crippen molar-refractivity contribution in [2.45, 2.75) is 56.9 Å². The summed E-state index contributed by atoms with van der Waals surface area (Å²) < 4.78 is 68.4. The molecule has 0 aromatic heterocycles. The van der Waals surface area contributed by atoms with Crippen molar-refractivity contribution in [2.24, 2.45) is 0 Å². The summed E-state index contributed by atoms with van der Waals surface area (Å²) >= 11 is 0. The molecule has 0 rings (SSSR count). The summed E-state index contributed by atoms with van der Waals surface area (Å²) in [5.74, 6) is 0. The Bertz CT molecular complexity index is 296. The van der Waals surface area contributed by atoms with Crippen LogP contribution in [0, 0.1) is 0 Å². The summed E-state index contributed by atoms with van der Waals surface area (Å²) in [6.45, 7) is 1.97. The zero-order valence-electron chi connectivity index (χ0n) is 10.1. The van der Waals surface area contributed by atoms with E-state index in [2.05, 4.69) is 0 Å². The standard InChI is InChI=1S/C9H17F3O3S.Li/c1-2-3-4-5-6-7-8(10)9(11,12)16(13,14)15;/h8H,2-7H2,1H3,(H,13,14,15);/q;+1/p-1. The van der Waals surface area contributed by atoms with E-state index in [1.807, 2.05) is 6.92 Å². The molecule has 0 aliphatic carbocycles. The van der Waals surface area contributed by atoms with Crippen LogP contribution in [-0.2, 0) is 10.1 Å². The molecule has 0 spiro atoms. The number of alkyl halides is 3. The Morgan fingerprint density at radius 2 is 1.65 bits per heavy atom. The fourth-order valence-electron chi connectivity index (χ4n) is 1.25. The molecule has 0 amide bonds. The van der Waals surface area contributed by atoms with Gasteiger partial charge in [-0.1, -0.05) is 39.0 Å². The monoisotopic (exact) mass is 268 g/mol. The Kier molecular flexibility index (Phi) is 9.71. The first-order valence-corrected chi connectivity index (χ1v) is 6.61. The number of halogens is 3. The second-order valence-electron chi connectivity index (χ2n) is 3.69. The molecule has 17 heavy (non-hydrogen) atoms. The van der Waals surface area contributed by atoms with Gasteiger partial charge in [0.05, 0.1) is 0 Å². The Morgan fingerprint density at radius 1 is 1.18 bits per heavy atom. The summed E-state index contributed by atoms with van der Waals surface area (Å²) in [5, 5.41) is -4.81. The first kappa shape index (κ1) is 19.6. The molecule has 0 aliphatic rings. The SMILES string of the molecule is CCCCCCCC(F)C(F)(F)S(=O)(=O)[O-].[Li+]. The van der Waals surface area contributed by atoms with Crippen LogP contribution in [-0.4, -0.2) is 24.4 Å². The number of unbranched alkanes of at least 4 members (excludes halogenated alkanes) is 4. The summed E-state index contributed by atoms with van der Waals surface area (Å²) in [6.07, 6.45) is -0.110. The zero-order valence-corrected chi connectivity index (χ0v) is 10.9. The van der Waals surface area contributed by atoms with Crippen molar-refractivity contribution in [1.82, 2.24) is 0 Å². The third kappa shape index (κ3) is 6.70. The fourth-order valence-corrected chi connectivity index (χ4v) is 1.68. The molecule has 0 radical (unpaired) electrons. The molecule has 0 N–H and O–H groups in total. The van der Waals surface area contributed by atoms with Gasteiger partial charge in [0.1, 0.15) is 0 Å². The minimum atomic E-state index is -5.91. The predicted octanol–water partition coefficient (Wildman–Crippen LogP) is -0.173. The molecule has 98 valence electrons. The summed E-state index contributed by atoms with van der Waals surface area (Å²) in [5.41, 5.74) is 0. The van der Waals surface area contributed by atoms with Gasteiger partial charge in [-0.05, 0) is 6.42 Å². The summed E-state index contributed by atoms with van der Waals surface area (Å²) in [6, 6.07) is 0. The van der Waals surface area contributed by atoms with Gasteiger partial charge >= 0.3 is 24.1 Å². The quantitative estimate of drug-likeness (QED) is 0.349. The molecule has 3 nitrogen and oxygen atoms in total. The molecule has 0 bridgehead atoms. The van der Waals surface area contributed by atoms with Gasteiger partial charge < -0.3 is 4.55 Å². The van der Waals surface area contributed by atoms with Crippen molar-refractivity contribution < 1.29 is 45.0 Å². The molecule has 0 saturated heterocycles. The van der Waals surface area contributed by atoms with Crippen molar-refractivity contribution in [3.63, 3.8) is 0 Å². The van der Waals surface area contributed by atoms with Crippen LogP contribution in [0.4, 0.5) is 13.2 Å². The van der Waals surface area contributed by atoms with Gasteiger partial charge in [-0.25, -0.2) is 12.8 Å². The number of hydrogen-bond donors (Lipinski definition) is 0. The van der Waals surface area contributed by atoms with E-state index >= 15 is 0 Å². The molecule has 8 heteroatoms. The average molecular weight is 268 g/mol. The van der Waals surface area contributed by atoms with E-state index < -0.39 is 28.0 Å². The van der Waals surface area contributed by atoms with Crippen LogP contribution in [0.15, 0.2) is 0 Å². The van der Waals surface area contributed by atoms with Crippen LogP contribution in [0.25, 0.3) is 0 Å². The first-order chi connectivity index (χ1) is 7.23. The van der Waals surface area contributed by atoms with E-state index in [1.54, 1.807) is 0 Å². The molecular weight excluding hydrogens is 252 g/mol. The van der Waals surface area contributed by atoms with Gasteiger partial charge in [-0.3, -0.25) is 0 Å². The third-order valence-corrected chi connectivity index (χ3v) is 3.18. The molecule has 0 aromatic carbocycles. The normalized spacial score (nSPS) is 14.2. The van der Waals surface area contributed by atoms with Gasteiger partial charge in [0, 0.05) is 0 Å². The first-order valence-electron chi connectivity index (χ1n) is 5.20. The van der Waals surface area contributed by atoms with Gasteiger partial charge in [0.25, 0.3) is 0 Å². The molecule has 0 fully saturated rings. The van der Waals surface area contributed by atoms with Crippen LogP contribution in [0.2, 0.25) is 0 Å². The number of hydrogen-bond acceptors (Lipinski definition) is 3. The average Bonchev–Trinajstić information content (AvgIpc) is 2.15. The van der Waals surface area contributed by atoms with Crippen LogP contribution >= 0.6 is 0 Å². The van der Waals surface area contributed by atoms with E-state index in [9.17, 15) is 26.1 Å². The smallest absolute Gasteiger partial charge is 0.743 e. The molecule has 0 aromatic rings. The molecule has 1 unspecified atom stereocenters. The summed E-state index contributed by atoms with van der Waals surface area (Å²) in [7, 11) is -5.91. The van der Waals surface area contributed by atoms with Crippen LogP contribution in [0.3, 0.4) is 0 Å². The van der Waals surface area contributed by atoms with Gasteiger partial charge in [-0.2, -0.15) is 8.78 Å². The Hall–Kier alpha value is 0.297. The minimum Gasteiger partial charge on any atom is -0.743 e. The van der Waals surface area contributed by atoms with Crippen LogP contribution < -0.4 is 18.9 Å². The Morgan fingerprint density at radius 3 is 2.06 bits per heavy atom. The van der Waals surface area contributed by atoms with E-state index in [-0.39, 0.29) is 25.3 Å². The topological polar surface area (TPSA) is 57.2 Å². The van der Waals surface area contributed by atoms with Gasteiger partial charge in [0.2, 0.25) is 0 Å². The Balaban J connectivity index is 0. The zero-order chi connectivity index (χ0) is 12.8. The molecule has 0 saturated carbocycles. The number of rotatable bonds is 8. The van der Waals surface area contributed by atoms with Crippen molar-refractivity contribution in [3.05, 3.63) is 0 Å². The minimum absolute atomic E-state index is 0. The molecular formula is C9H16F3LiO3S. The maximum absolute atomic E-state index is 12.9. The molecule has 0 heterocycles. The van der Waals surface area contributed by atoms with Gasteiger partial charge in [0.15, 0.2) is 16.3 Å². The molecule has 0 aliphatic heterocycles. The Labute approximate surface area is 112 Å². The van der Waals surface area contributed by atoms with Crippen molar-refractivity contribution in [1.29, 1.82) is 0 Å². The van der Waals surface area contributed by atoms with E-state index in [0.717, 1.165) is 19.3 Å². The van der Waals surface area contributed by atoms with Crippen molar-refractivity contribution in [2.75, 3.05) is 0 Å².